The summed E-state index contributed by atoms with van der Waals surface area (Å²) in [6.07, 6.45) is 0.188. The second-order valence-corrected chi connectivity index (χ2v) is 10.2. The zero-order valence-corrected chi connectivity index (χ0v) is 20.0. The number of rotatable bonds is 8. The summed E-state index contributed by atoms with van der Waals surface area (Å²) in [5.41, 5.74) is 4.25. The van der Waals surface area contributed by atoms with Crippen molar-refractivity contribution in [2.45, 2.75) is 35.9 Å². The number of hydrogen-bond donors (Lipinski definition) is 2. The van der Waals surface area contributed by atoms with E-state index in [0.717, 1.165) is 4.90 Å². The molecule has 1 heterocycles. The first kappa shape index (κ1) is 25.7. The Balaban J connectivity index is 1.96. The number of thioether (sulfide) groups is 2. The molecular weight excluding hydrogens is 476 g/mol. The molecule has 178 valence electrons. The van der Waals surface area contributed by atoms with Crippen molar-refractivity contribution >= 4 is 51.4 Å². The first-order chi connectivity index (χ1) is 16.2. The van der Waals surface area contributed by atoms with Crippen LogP contribution in [0.25, 0.3) is 0 Å². The smallest absolute Gasteiger partial charge is 0.337 e. The Bertz CT molecular complexity index is 1040. The fourth-order valence-electron chi connectivity index (χ4n) is 3.81. The predicted molar refractivity (Wildman–Crippen MR) is 130 cm³/mol. The number of nitrogens with zero attached hydrogens (tertiary/aromatic N) is 1. The fraction of sp³-hybridized carbons (Fsp3) is 0.292. The van der Waals surface area contributed by atoms with E-state index in [-0.39, 0.29) is 19.4 Å². The van der Waals surface area contributed by atoms with Crippen LogP contribution in [-0.4, -0.2) is 60.6 Å². The van der Waals surface area contributed by atoms with Crippen LogP contribution < -0.4 is 5.73 Å². The number of likely N-dealkylation sites (tertiary alicyclic amines) is 1. The Kier molecular flexibility index (Phi) is 8.29. The molecule has 1 aliphatic heterocycles. The van der Waals surface area contributed by atoms with Gasteiger partial charge >= 0.3 is 5.97 Å². The number of aliphatic carboxylic acids is 1. The Morgan fingerprint density at radius 3 is 1.79 bits per heavy atom. The maximum absolute atomic E-state index is 13.6. The zero-order valence-electron chi connectivity index (χ0n) is 18.4. The lowest BCUT2D eigenvalue weighted by Gasteiger charge is -2.36. The maximum atomic E-state index is 13.6. The fourth-order valence-corrected chi connectivity index (χ4v) is 5.92. The van der Waals surface area contributed by atoms with Gasteiger partial charge in [-0.1, -0.05) is 84.2 Å². The van der Waals surface area contributed by atoms with Crippen LogP contribution in [-0.2, 0) is 14.4 Å². The van der Waals surface area contributed by atoms with Crippen molar-refractivity contribution in [2.75, 3.05) is 6.54 Å². The standard InChI is InChI=1S/C24H24N2O6S2/c1-15(25)18(27)24(23(31)32)13-8-14-26(24)19(28)22(33-20(29)16-9-4-2-5-10-16)34-21(30)17-11-6-3-7-12-17/h2-7,9-12,15,22H,8,13-14,25H2,1H3,(H,31,32). The Labute approximate surface area is 205 Å². The van der Waals surface area contributed by atoms with Crippen LogP contribution in [0, 0.1) is 0 Å². The van der Waals surface area contributed by atoms with Gasteiger partial charge in [0, 0.05) is 17.7 Å². The third-order valence-corrected chi connectivity index (χ3v) is 7.78. The molecule has 2 aromatic rings. The number of carbonyl (C=O) groups excluding carboxylic acids is 4. The summed E-state index contributed by atoms with van der Waals surface area (Å²) in [5.74, 6) is -3.04. The maximum Gasteiger partial charge on any atom is 0.337 e. The van der Waals surface area contributed by atoms with Gasteiger partial charge in [-0.25, -0.2) is 4.79 Å². The molecule has 10 heteroatoms. The third kappa shape index (κ3) is 5.24. The normalized spacial score (nSPS) is 18.5. The minimum Gasteiger partial charge on any atom is -0.479 e. The number of nitrogens with two attached hydrogens (primary N) is 1. The van der Waals surface area contributed by atoms with Crippen molar-refractivity contribution in [1.29, 1.82) is 0 Å². The highest BCUT2D eigenvalue weighted by Crippen LogP contribution is 2.38. The lowest BCUT2D eigenvalue weighted by atomic mass is 9.87. The van der Waals surface area contributed by atoms with Gasteiger partial charge in [0.05, 0.1) is 6.04 Å². The average Bonchev–Trinajstić information content (AvgIpc) is 3.29. The molecule has 1 aliphatic rings. The van der Waals surface area contributed by atoms with Gasteiger partial charge in [0.15, 0.2) is 5.78 Å². The lowest BCUT2D eigenvalue weighted by molar-refractivity contribution is -0.161. The van der Waals surface area contributed by atoms with E-state index >= 15 is 0 Å². The number of carboxylic acids is 1. The van der Waals surface area contributed by atoms with E-state index < -0.39 is 44.1 Å². The van der Waals surface area contributed by atoms with E-state index in [1.54, 1.807) is 60.7 Å². The summed E-state index contributed by atoms with van der Waals surface area (Å²) in [6.45, 7) is 1.37. The summed E-state index contributed by atoms with van der Waals surface area (Å²) in [7, 11) is 0. The monoisotopic (exact) mass is 500 g/mol. The number of Topliss-reactive ketones (excluding diaryl/α,β-unsaturated/α-hetero) is 1. The number of amides is 1. The predicted octanol–water partition coefficient (Wildman–Crippen LogP) is 2.82. The number of benzene rings is 2. The molecule has 1 fully saturated rings. The summed E-state index contributed by atoms with van der Waals surface area (Å²) >= 11 is 1.25. The van der Waals surface area contributed by atoms with Crippen LogP contribution in [0.4, 0.5) is 0 Å². The molecule has 0 saturated carbocycles. The molecule has 0 spiro atoms. The highest BCUT2D eigenvalue weighted by Gasteiger charge is 2.57. The Hall–Kier alpha value is -2.95. The summed E-state index contributed by atoms with van der Waals surface area (Å²) in [4.78, 5) is 65.6. The highest BCUT2D eigenvalue weighted by molar-refractivity contribution is 8.31. The van der Waals surface area contributed by atoms with Gasteiger partial charge in [0.2, 0.25) is 21.7 Å². The summed E-state index contributed by atoms with van der Waals surface area (Å²) in [6, 6.07) is 15.4. The van der Waals surface area contributed by atoms with Crippen molar-refractivity contribution in [3.63, 3.8) is 0 Å². The zero-order chi connectivity index (χ0) is 24.9. The molecule has 2 unspecified atom stereocenters. The minimum atomic E-state index is -2.13. The van der Waals surface area contributed by atoms with Crippen LogP contribution in [0.5, 0.6) is 0 Å². The molecular formula is C24H24N2O6S2. The second kappa shape index (κ2) is 11.0. The van der Waals surface area contributed by atoms with E-state index in [9.17, 15) is 29.1 Å². The quantitative estimate of drug-likeness (QED) is 0.414. The molecule has 1 saturated heterocycles. The Morgan fingerprint density at radius 1 is 0.912 bits per heavy atom. The van der Waals surface area contributed by atoms with Gasteiger partial charge < -0.3 is 15.7 Å². The molecule has 2 aromatic carbocycles. The molecule has 2 atom stereocenters. The number of ketones is 1. The van der Waals surface area contributed by atoms with Gasteiger partial charge in [-0.15, -0.1) is 0 Å². The van der Waals surface area contributed by atoms with Gasteiger partial charge in [-0.2, -0.15) is 0 Å². The molecule has 0 aliphatic carbocycles. The first-order valence-electron chi connectivity index (χ1n) is 10.6. The van der Waals surface area contributed by atoms with Crippen molar-refractivity contribution in [1.82, 2.24) is 4.90 Å². The molecule has 34 heavy (non-hydrogen) atoms. The van der Waals surface area contributed by atoms with E-state index in [0.29, 0.717) is 34.7 Å². The molecule has 0 bridgehead atoms. The van der Waals surface area contributed by atoms with Crippen LogP contribution in [0.15, 0.2) is 60.7 Å². The molecule has 8 nitrogen and oxygen atoms in total. The van der Waals surface area contributed by atoms with Crippen LogP contribution in [0.1, 0.15) is 40.5 Å². The third-order valence-electron chi connectivity index (χ3n) is 5.47. The number of carbonyl (C=O) groups is 5. The van der Waals surface area contributed by atoms with Gasteiger partial charge in [0.1, 0.15) is 4.58 Å². The topological polar surface area (TPSA) is 135 Å². The average molecular weight is 501 g/mol. The van der Waals surface area contributed by atoms with Crippen LogP contribution in [0.3, 0.4) is 0 Å². The van der Waals surface area contributed by atoms with Crippen LogP contribution in [0.2, 0.25) is 0 Å². The molecule has 0 radical (unpaired) electrons. The Morgan fingerprint density at radius 2 is 1.38 bits per heavy atom. The van der Waals surface area contributed by atoms with Gasteiger partial charge in [-0.3, -0.25) is 19.2 Å². The van der Waals surface area contributed by atoms with E-state index in [1.165, 1.54) is 6.92 Å². The van der Waals surface area contributed by atoms with Crippen molar-refractivity contribution < 1.29 is 29.1 Å². The second-order valence-electron chi connectivity index (χ2n) is 7.79. The molecule has 1 amide bonds. The van der Waals surface area contributed by atoms with Gasteiger partial charge in [-0.05, 0) is 19.8 Å². The summed E-state index contributed by atoms with van der Waals surface area (Å²) < 4.78 is -1.29. The van der Waals surface area contributed by atoms with E-state index in [4.69, 9.17) is 5.73 Å². The van der Waals surface area contributed by atoms with Crippen LogP contribution >= 0.6 is 23.5 Å². The SMILES string of the molecule is CC(N)C(=O)C1(C(=O)O)CCCN1C(=O)C(SC(=O)c1ccccc1)SC(=O)c1ccccc1. The largest absolute Gasteiger partial charge is 0.479 e. The van der Waals surface area contributed by atoms with E-state index in [1.807, 2.05) is 0 Å². The molecule has 0 aromatic heterocycles. The summed E-state index contributed by atoms with van der Waals surface area (Å²) in [5, 5.41) is 9.08. The lowest BCUT2D eigenvalue weighted by Crippen LogP contribution is -2.63. The number of carboxylic acid groups (broad SMARTS) is 1. The van der Waals surface area contributed by atoms with Crippen molar-refractivity contribution in [2.24, 2.45) is 5.73 Å². The highest BCUT2D eigenvalue weighted by atomic mass is 32.2. The molecule has 3 N–H and O–H groups in total. The van der Waals surface area contributed by atoms with Crippen molar-refractivity contribution in [3.05, 3.63) is 71.8 Å². The van der Waals surface area contributed by atoms with Crippen molar-refractivity contribution in [3.8, 4) is 0 Å². The minimum absolute atomic E-state index is 0.000266. The van der Waals surface area contributed by atoms with Gasteiger partial charge in [0.25, 0.3) is 0 Å². The van der Waals surface area contributed by atoms with E-state index in [2.05, 4.69) is 0 Å². The molecule has 3 rings (SSSR count). The first-order valence-corrected chi connectivity index (χ1v) is 12.3. The number of hydrogen-bond acceptors (Lipinski definition) is 8.